The molecule has 0 radical (unpaired) electrons. The van der Waals surface area contributed by atoms with Gasteiger partial charge in [0, 0.05) is 12.1 Å². The molecule has 1 atom stereocenters. The summed E-state index contributed by atoms with van der Waals surface area (Å²) in [5.74, 6) is 1.16. The molecule has 1 saturated carbocycles. The first-order valence-corrected chi connectivity index (χ1v) is 11.4. The molecule has 1 aliphatic heterocycles. The molecule has 1 unspecified atom stereocenters. The van der Waals surface area contributed by atoms with E-state index in [1.807, 2.05) is 12.1 Å². The molecule has 0 amide bonds. The van der Waals surface area contributed by atoms with E-state index in [-0.39, 0.29) is 5.82 Å². The SMILES string of the molecule is CC(C)(C)CCN1CCC2(CC1)CC2CNc1ccc(-c2ccc(F)cc2Cl)nn1. The fourth-order valence-electron chi connectivity index (χ4n) is 4.54. The lowest BCUT2D eigenvalue weighted by Gasteiger charge is -2.34. The Kier molecular flexibility index (Phi) is 6.04. The predicted molar refractivity (Wildman–Crippen MR) is 121 cm³/mol. The van der Waals surface area contributed by atoms with Crippen LogP contribution in [0.25, 0.3) is 11.3 Å². The number of nitrogens with one attached hydrogen (secondary N) is 1. The first kappa shape index (κ1) is 21.5. The van der Waals surface area contributed by atoms with Gasteiger partial charge in [-0.2, -0.15) is 0 Å². The molecule has 1 N–H and O–H groups in total. The van der Waals surface area contributed by atoms with Crippen LogP contribution in [0.15, 0.2) is 30.3 Å². The van der Waals surface area contributed by atoms with Crippen molar-refractivity contribution in [3.63, 3.8) is 0 Å². The van der Waals surface area contributed by atoms with E-state index >= 15 is 0 Å². The summed E-state index contributed by atoms with van der Waals surface area (Å²) in [4.78, 5) is 2.64. The molecule has 1 aliphatic carbocycles. The summed E-state index contributed by atoms with van der Waals surface area (Å²) in [6, 6.07) is 8.12. The second-order valence-electron chi connectivity index (χ2n) is 10.2. The molecule has 1 spiro atoms. The summed E-state index contributed by atoms with van der Waals surface area (Å²) in [6.07, 6.45) is 5.22. The predicted octanol–water partition coefficient (Wildman–Crippen LogP) is 5.89. The van der Waals surface area contributed by atoms with Crippen molar-refractivity contribution in [1.29, 1.82) is 0 Å². The summed E-state index contributed by atoms with van der Waals surface area (Å²) in [5.41, 5.74) is 2.30. The highest BCUT2D eigenvalue weighted by Gasteiger charge is 2.54. The summed E-state index contributed by atoms with van der Waals surface area (Å²) in [7, 11) is 0. The van der Waals surface area contributed by atoms with Gasteiger partial charge in [0.2, 0.25) is 0 Å². The van der Waals surface area contributed by atoms with Gasteiger partial charge in [0.1, 0.15) is 11.6 Å². The van der Waals surface area contributed by atoms with E-state index in [0.29, 0.717) is 27.1 Å². The fourth-order valence-corrected chi connectivity index (χ4v) is 4.81. The molecule has 4 nitrogen and oxygen atoms in total. The minimum Gasteiger partial charge on any atom is -0.368 e. The first-order chi connectivity index (χ1) is 14.2. The Labute approximate surface area is 184 Å². The molecule has 1 aromatic carbocycles. The summed E-state index contributed by atoms with van der Waals surface area (Å²) < 4.78 is 13.2. The quantitative estimate of drug-likeness (QED) is 0.620. The van der Waals surface area contributed by atoms with E-state index in [1.54, 1.807) is 6.07 Å². The van der Waals surface area contributed by atoms with Crippen molar-refractivity contribution in [2.24, 2.45) is 16.7 Å². The molecule has 6 heteroatoms. The molecule has 1 saturated heterocycles. The van der Waals surface area contributed by atoms with Crippen LogP contribution in [0.4, 0.5) is 10.2 Å². The van der Waals surface area contributed by atoms with Gasteiger partial charge in [-0.3, -0.25) is 0 Å². The van der Waals surface area contributed by atoms with Gasteiger partial charge in [0.05, 0.1) is 10.7 Å². The Balaban J connectivity index is 1.25. The van der Waals surface area contributed by atoms with Gasteiger partial charge >= 0.3 is 0 Å². The lowest BCUT2D eigenvalue weighted by molar-refractivity contribution is 0.147. The molecule has 30 heavy (non-hydrogen) atoms. The van der Waals surface area contributed by atoms with Crippen LogP contribution in [-0.4, -0.2) is 41.3 Å². The number of hydrogen-bond donors (Lipinski definition) is 1. The normalized spacial score (nSPS) is 21.0. The minimum atomic E-state index is -0.353. The third-order valence-electron chi connectivity index (χ3n) is 6.79. The average Bonchev–Trinajstić information content (AvgIpc) is 3.38. The van der Waals surface area contributed by atoms with Gasteiger partial charge < -0.3 is 10.2 Å². The number of halogens is 2. The van der Waals surface area contributed by atoms with Crippen molar-refractivity contribution >= 4 is 17.4 Å². The number of anilines is 1. The van der Waals surface area contributed by atoms with E-state index in [4.69, 9.17) is 11.6 Å². The monoisotopic (exact) mass is 430 g/mol. The van der Waals surface area contributed by atoms with E-state index in [0.717, 1.165) is 18.3 Å². The van der Waals surface area contributed by atoms with Gasteiger partial charge in [-0.05, 0) is 92.4 Å². The average molecular weight is 431 g/mol. The molecule has 2 heterocycles. The number of rotatable bonds is 6. The molecule has 2 fully saturated rings. The Bertz CT molecular complexity index is 870. The van der Waals surface area contributed by atoms with Crippen molar-refractivity contribution in [1.82, 2.24) is 15.1 Å². The Morgan fingerprint density at radius 2 is 1.93 bits per heavy atom. The van der Waals surface area contributed by atoms with Crippen LogP contribution in [-0.2, 0) is 0 Å². The van der Waals surface area contributed by atoms with Crippen LogP contribution in [0.3, 0.4) is 0 Å². The maximum atomic E-state index is 13.2. The zero-order chi connectivity index (χ0) is 21.4. The van der Waals surface area contributed by atoms with Crippen molar-refractivity contribution in [2.75, 3.05) is 31.5 Å². The van der Waals surface area contributed by atoms with E-state index in [9.17, 15) is 4.39 Å². The largest absolute Gasteiger partial charge is 0.368 e. The Morgan fingerprint density at radius 1 is 1.17 bits per heavy atom. The number of piperidine rings is 1. The maximum Gasteiger partial charge on any atom is 0.148 e. The van der Waals surface area contributed by atoms with Crippen LogP contribution in [0, 0.1) is 22.6 Å². The lowest BCUT2D eigenvalue weighted by Crippen LogP contribution is -2.37. The van der Waals surface area contributed by atoms with E-state index in [1.165, 1.54) is 57.5 Å². The van der Waals surface area contributed by atoms with Crippen molar-refractivity contribution < 1.29 is 4.39 Å². The highest BCUT2D eigenvalue weighted by Crippen LogP contribution is 2.59. The third-order valence-corrected chi connectivity index (χ3v) is 7.10. The Hall–Kier alpha value is -1.72. The first-order valence-electron chi connectivity index (χ1n) is 11.0. The molecule has 2 aliphatic rings. The van der Waals surface area contributed by atoms with Crippen molar-refractivity contribution in [3.05, 3.63) is 41.2 Å². The van der Waals surface area contributed by atoms with E-state index < -0.39 is 0 Å². The zero-order valence-electron chi connectivity index (χ0n) is 18.2. The number of nitrogens with zero attached hydrogens (tertiary/aromatic N) is 3. The fraction of sp³-hybridized carbons (Fsp3) is 0.583. The second-order valence-corrected chi connectivity index (χ2v) is 10.6. The molecule has 2 aromatic rings. The van der Waals surface area contributed by atoms with Gasteiger partial charge in [0.15, 0.2) is 0 Å². The summed E-state index contributed by atoms with van der Waals surface area (Å²) in [6.45, 7) is 11.6. The number of aromatic nitrogens is 2. The standard InChI is InChI=1S/C24H32ClFN4/c1-23(2,3)8-11-30-12-9-24(10-13-30)15-17(24)16-27-22-7-6-21(28-29-22)19-5-4-18(26)14-20(19)25/h4-7,14,17H,8-13,15-16H2,1-3H3,(H,27,29). The highest BCUT2D eigenvalue weighted by atomic mass is 35.5. The summed E-state index contributed by atoms with van der Waals surface area (Å²) >= 11 is 6.12. The third kappa shape index (κ3) is 5.12. The highest BCUT2D eigenvalue weighted by molar-refractivity contribution is 6.33. The molecule has 0 bridgehead atoms. The van der Waals surface area contributed by atoms with Crippen LogP contribution < -0.4 is 5.32 Å². The van der Waals surface area contributed by atoms with Gasteiger partial charge in [0.25, 0.3) is 0 Å². The van der Waals surface area contributed by atoms with E-state index in [2.05, 4.69) is 41.2 Å². The molecular weight excluding hydrogens is 399 g/mol. The number of likely N-dealkylation sites (tertiary alicyclic amines) is 1. The summed E-state index contributed by atoms with van der Waals surface area (Å²) in [5, 5.41) is 12.4. The number of hydrogen-bond acceptors (Lipinski definition) is 4. The maximum absolute atomic E-state index is 13.2. The molecular formula is C24H32ClFN4. The zero-order valence-corrected chi connectivity index (χ0v) is 19.0. The minimum absolute atomic E-state index is 0.346. The topological polar surface area (TPSA) is 41.0 Å². The smallest absolute Gasteiger partial charge is 0.148 e. The Morgan fingerprint density at radius 3 is 2.57 bits per heavy atom. The van der Waals surface area contributed by atoms with Crippen molar-refractivity contribution in [3.8, 4) is 11.3 Å². The van der Waals surface area contributed by atoms with Crippen LogP contribution in [0.1, 0.15) is 46.5 Å². The molecule has 162 valence electrons. The van der Waals surface area contributed by atoms with Crippen molar-refractivity contribution in [2.45, 2.75) is 46.5 Å². The van der Waals surface area contributed by atoms with Crippen LogP contribution in [0.5, 0.6) is 0 Å². The second kappa shape index (κ2) is 8.43. The van der Waals surface area contributed by atoms with Crippen LogP contribution >= 0.6 is 11.6 Å². The lowest BCUT2D eigenvalue weighted by atomic mass is 9.88. The van der Waals surface area contributed by atoms with Gasteiger partial charge in [-0.1, -0.05) is 32.4 Å². The van der Waals surface area contributed by atoms with Crippen LogP contribution in [0.2, 0.25) is 5.02 Å². The molecule has 4 rings (SSSR count). The van der Waals surface area contributed by atoms with Gasteiger partial charge in [-0.15, -0.1) is 10.2 Å². The number of benzene rings is 1. The van der Waals surface area contributed by atoms with Gasteiger partial charge in [-0.25, -0.2) is 4.39 Å². The molecule has 1 aromatic heterocycles.